The Morgan fingerprint density at radius 3 is 2.65 bits per heavy atom. The van der Waals surface area contributed by atoms with Crippen molar-refractivity contribution >= 4 is 11.9 Å². The fraction of sp³-hybridized carbons (Fsp3) is 0.304. The minimum Gasteiger partial charge on any atom is -0.492 e. The van der Waals surface area contributed by atoms with Gasteiger partial charge in [-0.05, 0) is 31.5 Å². The smallest absolute Gasteiger partial charge is 0.306 e. The molecule has 8 nitrogen and oxygen atoms in total. The Morgan fingerprint density at radius 2 is 1.87 bits per heavy atom. The highest BCUT2D eigenvalue weighted by Gasteiger charge is 2.12. The summed E-state index contributed by atoms with van der Waals surface area (Å²) >= 11 is 0. The Hall–Kier alpha value is -3.68. The van der Waals surface area contributed by atoms with E-state index in [2.05, 4.69) is 15.5 Å². The lowest BCUT2D eigenvalue weighted by Crippen LogP contribution is -2.32. The molecule has 31 heavy (non-hydrogen) atoms. The highest BCUT2D eigenvalue weighted by molar-refractivity contribution is 5.80. The lowest BCUT2D eigenvalue weighted by atomic mass is 10.1. The number of carbonyl (C=O) groups is 2. The van der Waals surface area contributed by atoms with Crippen molar-refractivity contribution in [3.05, 3.63) is 65.5 Å². The Kier molecular flexibility index (Phi) is 7.75. The summed E-state index contributed by atoms with van der Waals surface area (Å²) in [5, 5.41) is 6.56. The maximum atomic E-state index is 11.9. The summed E-state index contributed by atoms with van der Waals surface area (Å²) in [5.41, 5.74) is 3.07. The second-order valence-corrected chi connectivity index (χ2v) is 7.05. The molecule has 0 aliphatic rings. The van der Waals surface area contributed by atoms with Crippen LogP contribution < -0.4 is 10.1 Å². The van der Waals surface area contributed by atoms with Crippen LogP contribution in [0.5, 0.6) is 5.75 Å². The highest BCUT2D eigenvalue weighted by Crippen LogP contribution is 2.17. The molecule has 0 fully saturated rings. The minimum absolute atomic E-state index is 0.0410. The number of rotatable bonds is 10. The fourth-order valence-electron chi connectivity index (χ4n) is 2.72. The SMILES string of the molecule is Cc1ccc(-c2noc(CCC(=O)OCC(=O)NCCOc3cccc(C)c3)n2)cc1. The van der Waals surface area contributed by atoms with E-state index in [9.17, 15) is 9.59 Å². The summed E-state index contributed by atoms with van der Waals surface area (Å²) in [5.74, 6) is 0.648. The monoisotopic (exact) mass is 423 g/mol. The molecule has 1 aromatic heterocycles. The second-order valence-electron chi connectivity index (χ2n) is 7.05. The van der Waals surface area contributed by atoms with Gasteiger partial charge in [0.15, 0.2) is 6.61 Å². The van der Waals surface area contributed by atoms with Gasteiger partial charge in [-0.1, -0.05) is 47.1 Å². The van der Waals surface area contributed by atoms with E-state index >= 15 is 0 Å². The lowest BCUT2D eigenvalue weighted by Gasteiger charge is -2.08. The van der Waals surface area contributed by atoms with Gasteiger partial charge >= 0.3 is 5.97 Å². The standard InChI is InChI=1S/C23H25N3O5/c1-16-6-8-18(9-7-16)23-25-21(31-26-23)10-11-22(28)30-15-20(27)24-12-13-29-19-5-3-4-17(2)14-19/h3-9,14H,10-13,15H2,1-2H3,(H,24,27). The molecule has 3 aromatic rings. The van der Waals surface area contributed by atoms with Gasteiger partial charge in [0.1, 0.15) is 12.4 Å². The zero-order valence-corrected chi connectivity index (χ0v) is 17.6. The van der Waals surface area contributed by atoms with Crippen molar-refractivity contribution in [3.8, 4) is 17.1 Å². The summed E-state index contributed by atoms with van der Waals surface area (Å²) in [6.07, 6.45) is 0.281. The summed E-state index contributed by atoms with van der Waals surface area (Å²) < 4.78 is 15.7. The first-order chi connectivity index (χ1) is 15.0. The maximum Gasteiger partial charge on any atom is 0.306 e. The molecule has 8 heteroatoms. The topological polar surface area (TPSA) is 104 Å². The number of ether oxygens (including phenoxy) is 2. The van der Waals surface area contributed by atoms with E-state index in [1.807, 2.05) is 62.4 Å². The van der Waals surface area contributed by atoms with Crippen molar-refractivity contribution in [2.75, 3.05) is 19.8 Å². The van der Waals surface area contributed by atoms with Crippen LogP contribution >= 0.6 is 0 Å². The number of aryl methyl sites for hydroxylation is 3. The predicted molar refractivity (Wildman–Crippen MR) is 113 cm³/mol. The van der Waals surface area contributed by atoms with Crippen molar-refractivity contribution in [2.45, 2.75) is 26.7 Å². The summed E-state index contributed by atoms with van der Waals surface area (Å²) in [7, 11) is 0. The summed E-state index contributed by atoms with van der Waals surface area (Å²) in [6.45, 7) is 4.26. The summed E-state index contributed by atoms with van der Waals surface area (Å²) in [6, 6.07) is 15.4. The molecule has 0 unspecified atom stereocenters. The zero-order valence-electron chi connectivity index (χ0n) is 17.6. The number of nitrogens with one attached hydrogen (secondary N) is 1. The fourth-order valence-corrected chi connectivity index (χ4v) is 2.72. The lowest BCUT2D eigenvalue weighted by molar-refractivity contribution is -0.148. The molecule has 0 aliphatic heterocycles. The van der Waals surface area contributed by atoms with E-state index < -0.39 is 5.97 Å². The van der Waals surface area contributed by atoms with E-state index in [-0.39, 0.29) is 25.4 Å². The van der Waals surface area contributed by atoms with Crippen molar-refractivity contribution in [3.63, 3.8) is 0 Å². The number of hydrogen-bond acceptors (Lipinski definition) is 7. The molecule has 3 rings (SSSR count). The van der Waals surface area contributed by atoms with Crippen LogP contribution in [0.1, 0.15) is 23.4 Å². The Morgan fingerprint density at radius 1 is 1.06 bits per heavy atom. The van der Waals surface area contributed by atoms with Crippen molar-refractivity contribution in [2.24, 2.45) is 0 Å². The molecule has 0 spiro atoms. The van der Waals surface area contributed by atoms with E-state index in [1.165, 1.54) is 0 Å². The van der Waals surface area contributed by atoms with Crippen LogP contribution in [0.25, 0.3) is 11.4 Å². The summed E-state index contributed by atoms with van der Waals surface area (Å²) in [4.78, 5) is 27.9. The van der Waals surface area contributed by atoms with E-state index in [0.717, 1.165) is 22.4 Å². The van der Waals surface area contributed by atoms with Crippen LogP contribution in [-0.2, 0) is 20.7 Å². The molecule has 162 valence electrons. The Bertz CT molecular complexity index is 1010. The normalized spacial score (nSPS) is 10.5. The van der Waals surface area contributed by atoms with Gasteiger partial charge in [-0.25, -0.2) is 0 Å². The van der Waals surface area contributed by atoms with Crippen LogP contribution in [-0.4, -0.2) is 41.8 Å². The molecular weight excluding hydrogens is 398 g/mol. The van der Waals surface area contributed by atoms with Crippen LogP contribution in [0.4, 0.5) is 0 Å². The van der Waals surface area contributed by atoms with Gasteiger partial charge in [-0.2, -0.15) is 4.98 Å². The predicted octanol–water partition coefficient (Wildman–Crippen LogP) is 3.02. The van der Waals surface area contributed by atoms with Crippen molar-refractivity contribution < 1.29 is 23.6 Å². The van der Waals surface area contributed by atoms with Gasteiger partial charge in [0.25, 0.3) is 5.91 Å². The van der Waals surface area contributed by atoms with Crippen LogP contribution in [0.15, 0.2) is 53.1 Å². The number of aromatic nitrogens is 2. The first-order valence-electron chi connectivity index (χ1n) is 10.0. The number of carbonyl (C=O) groups excluding carboxylic acids is 2. The molecule has 1 heterocycles. The minimum atomic E-state index is -0.513. The van der Waals surface area contributed by atoms with E-state index in [0.29, 0.717) is 24.9 Å². The van der Waals surface area contributed by atoms with Crippen molar-refractivity contribution in [1.82, 2.24) is 15.5 Å². The van der Waals surface area contributed by atoms with Gasteiger partial charge in [0, 0.05) is 12.0 Å². The number of nitrogens with zero attached hydrogens (tertiary/aromatic N) is 2. The van der Waals surface area contributed by atoms with E-state index in [4.69, 9.17) is 14.0 Å². The van der Waals surface area contributed by atoms with Crippen LogP contribution in [0.3, 0.4) is 0 Å². The zero-order chi connectivity index (χ0) is 22.1. The molecule has 0 radical (unpaired) electrons. The molecule has 1 N–H and O–H groups in total. The molecule has 1 amide bonds. The Labute approximate surface area is 180 Å². The average Bonchev–Trinajstić information content (AvgIpc) is 3.23. The number of amides is 1. The second kappa shape index (κ2) is 10.9. The number of esters is 1. The molecule has 0 aliphatic carbocycles. The van der Waals surface area contributed by atoms with Crippen molar-refractivity contribution in [1.29, 1.82) is 0 Å². The van der Waals surface area contributed by atoms with Gasteiger partial charge in [0.2, 0.25) is 11.7 Å². The van der Waals surface area contributed by atoms with Gasteiger partial charge in [-0.3, -0.25) is 9.59 Å². The largest absolute Gasteiger partial charge is 0.492 e. The third-order valence-corrected chi connectivity index (χ3v) is 4.37. The third kappa shape index (κ3) is 7.26. The molecule has 0 bridgehead atoms. The highest BCUT2D eigenvalue weighted by atomic mass is 16.5. The Balaban J connectivity index is 1.31. The number of benzene rings is 2. The first-order valence-corrected chi connectivity index (χ1v) is 10.0. The van der Waals surface area contributed by atoms with Crippen LogP contribution in [0.2, 0.25) is 0 Å². The van der Waals surface area contributed by atoms with E-state index in [1.54, 1.807) is 0 Å². The molecular formula is C23H25N3O5. The quantitative estimate of drug-likeness (QED) is 0.395. The molecule has 2 aromatic carbocycles. The first kappa shape index (κ1) is 22.0. The average molecular weight is 423 g/mol. The van der Waals surface area contributed by atoms with Gasteiger partial charge in [0.05, 0.1) is 13.0 Å². The van der Waals surface area contributed by atoms with Gasteiger partial charge < -0.3 is 19.3 Å². The van der Waals surface area contributed by atoms with Gasteiger partial charge in [-0.15, -0.1) is 0 Å². The van der Waals surface area contributed by atoms with Crippen LogP contribution in [0, 0.1) is 13.8 Å². The third-order valence-electron chi connectivity index (χ3n) is 4.37. The maximum absolute atomic E-state index is 11.9. The molecule has 0 atom stereocenters. The number of hydrogen-bond donors (Lipinski definition) is 1. The molecule has 0 saturated carbocycles. The molecule has 0 saturated heterocycles.